The summed E-state index contributed by atoms with van der Waals surface area (Å²) in [4.78, 5) is 26.0. The molecule has 0 N–H and O–H groups in total. The van der Waals surface area contributed by atoms with Gasteiger partial charge in [-0.25, -0.2) is 0 Å². The van der Waals surface area contributed by atoms with Crippen LogP contribution in [0.1, 0.15) is 6.42 Å². The normalized spacial score (nSPS) is 21.7. The van der Waals surface area contributed by atoms with Gasteiger partial charge < -0.3 is 0 Å². The van der Waals surface area contributed by atoms with E-state index in [1.54, 1.807) is 6.08 Å². The van der Waals surface area contributed by atoms with Crippen LogP contribution in [0.15, 0.2) is 28.3 Å². The Bertz CT molecular complexity index is 348. The lowest BCUT2D eigenvalue weighted by molar-refractivity contribution is -0.116. The number of allylic oxidation sites excluding steroid dienone is 2. The molecule has 3 heteroatoms. The molecule has 0 aromatic carbocycles. The minimum atomic E-state index is -0.117. The maximum Gasteiger partial charge on any atom is 0.200 e. The molecule has 0 bridgehead atoms. The lowest BCUT2D eigenvalue weighted by Gasteiger charge is -2.14. The topological polar surface area (TPSA) is 46.5 Å². The molecule has 2 rings (SSSR count). The fourth-order valence-electron chi connectivity index (χ4n) is 1.34. The van der Waals surface area contributed by atoms with Crippen LogP contribution in [0.25, 0.3) is 0 Å². The summed E-state index contributed by atoms with van der Waals surface area (Å²) < 4.78 is 0. The van der Waals surface area contributed by atoms with Gasteiger partial charge in [0.2, 0.25) is 0 Å². The molecular formula is C9H7NO2. The number of Topliss-reactive ketones (excluding diaryl/α,β-unsaturated/α-hetero) is 1. The average molecular weight is 161 g/mol. The first kappa shape index (κ1) is 7.16. The number of rotatable bonds is 0. The van der Waals surface area contributed by atoms with Crippen molar-refractivity contribution in [2.75, 3.05) is 6.54 Å². The zero-order valence-corrected chi connectivity index (χ0v) is 6.41. The molecule has 0 aromatic rings. The molecule has 0 unspecified atom stereocenters. The average Bonchev–Trinajstić information content (AvgIpc) is 2.07. The van der Waals surface area contributed by atoms with Crippen molar-refractivity contribution in [2.45, 2.75) is 6.42 Å². The van der Waals surface area contributed by atoms with E-state index in [-0.39, 0.29) is 18.0 Å². The molecular weight excluding hydrogens is 154 g/mol. The van der Waals surface area contributed by atoms with E-state index in [9.17, 15) is 9.59 Å². The molecule has 1 heterocycles. The van der Waals surface area contributed by atoms with Gasteiger partial charge in [0.1, 0.15) is 0 Å². The quantitative estimate of drug-likeness (QED) is 0.518. The van der Waals surface area contributed by atoms with Crippen molar-refractivity contribution in [3.8, 4) is 0 Å². The van der Waals surface area contributed by atoms with Gasteiger partial charge in [0.15, 0.2) is 11.6 Å². The highest BCUT2D eigenvalue weighted by Crippen LogP contribution is 2.19. The molecule has 0 radical (unpaired) electrons. The van der Waals surface area contributed by atoms with Gasteiger partial charge in [0.25, 0.3) is 0 Å². The Hall–Kier alpha value is -1.51. The Kier molecular flexibility index (Phi) is 1.50. The van der Waals surface area contributed by atoms with Gasteiger partial charge in [-0.15, -0.1) is 0 Å². The van der Waals surface area contributed by atoms with Crippen LogP contribution in [-0.2, 0) is 9.59 Å². The van der Waals surface area contributed by atoms with Crippen LogP contribution in [0.5, 0.6) is 0 Å². The lowest BCUT2D eigenvalue weighted by atomic mass is 9.92. The van der Waals surface area contributed by atoms with Crippen molar-refractivity contribution >= 4 is 17.8 Å². The molecule has 60 valence electrons. The van der Waals surface area contributed by atoms with E-state index in [1.807, 2.05) is 0 Å². The van der Waals surface area contributed by atoms with Gasteiger partial charge in [-0.1, -0.05) is 6.08 Å². The van der Waals surface area contributed by atoms with Gasteiger partial charge in [-0.2, -0.15) is 0 Å². The van der Waals surface area contributed by atoms with Gasteiger partial charge >= 0.3 is 0 Å². The van der Waals surface area contributed by atoms with Crippen molar-refractivity contribution in [2.24, 2.45) is 4.99 Å². The first-order chi connectivity index (χ1) is 5.77. The summed E-state index contributed by atoms with van der Waals surface area (Å²) in [6, 6.07) is 0. The Morgan fingerprint density at radius 3 is 2.92 bits per heavy atom. The van der Waals surface area contributed by atoms with Crippen molar-refractivity contribution in [1.29, 1.82) is 0 Å². The summed E-state index contributed by atoms with van der Waals surface area (Å²) >= 11 is 0. The molecule has 0 saturated heterocycles. The van der Waals surface area contributed by atoms with Crippen molar-refractivity contribution in [1.82, 2.24) is 0 Å². The highest BCUT2D eigenvalue weighted by atomic mass is 16.1. The highest BCUT2D eigenvalue weighted by molar-refractivity contribution is 6.37. The summed E-state index contributed by atoms with van der Waals surface area (Å²) in [5.74, 6) is -0.119. The lowest BCUT2D eigenvalue weighted by Crippen LogP contribution is -2.18. The number of dihydropyridines is 1. The number of hydrogen-bond donors (Lipinski definition) is 0. The number of nitrogens with zero attached hydrogens (tertiary/aromatic N) is 1. The van der Waals surface area contributed by atoms with E-state index >= 15 is 0 Å². The fourth-order valence-corrected chi connectivity index (χ4v) is 1.34. The predicted octanol–water partition coefficient (Wildman–Crippen LogP) is 0.465. The first-order valence-electron chi connectivity index (χ1n) is 3.74. The molecule has 0 spiro atoms. The monoisotopic (exact) mass is 161 g/mol. The molecule has 2 aliphatic rings. The molecule has 1 aliphatic carbocycles. The van der Waals surface area contributed by atoms with Crippen LogP contribution in [0.4, 0.5) is 0 Å². The summed E-state index contributed by atoms with van der Waals surface area (Å²) in [5.41, 5.74) is 1.51. The zero-order valence-electron chi connectivity index (χ0n) is 6.41. The standard InChI is InChI=1S/C9H7NO2/c11-7-2-1-6-4-10-5-9(12)8(6)3-7/h1-2,5H,3-4H2. The van der Waals surface area contributed by atoms with E-state index in [2.05, 4.69) is 4.99 Å². The summed E-state index contributed by atoms with van der Waals surface area (Å²) in [7, 11) is 0. The van der Waals surface area contributed by atoms with Crippen LogP contribution < -0.4 is 0 Å². The van der Waals surface area contributed by atoms with E-state index in [0.29, 0.717) is 12.1 Å². The molecule has 3 nitrogen and oxygen atoms in total. The first-order valence-corrected chi connectivity index (χ1v) is 3.74. The van der Waals surface area contributed by atoms with Crippen LogP contribution in [0, 0.1) is 0 Å². The van der Waals surface area contributed by atoms with E-state index < -0.39 is 0 Å². The van der Waals surface area contributed by atoms with Crippen LogP contribution in [-0.4, -0.2) is 24.3 Å². The van der Waals surface area contributed by atoms with Crippen molar-refractivity contribution in [3.05, 3.63) is 23.3 Å². The van der Waals surface area contributed by atoms with Gasteiger partial charge in [-0.05, 0) is 11.6 Å². The molecule has 0 atom stereocenters. The Morgan fingerprint density at radius 1 is 1.25 bits per heavy atom. The van der Waals surface area contributed by atoms with Crippen molar-refractivity contribution < 1.29 is 9.59 Å². The SMILES string of the molecule is O=C1C=CC2=C(C1)C(=O)C=NC2. The van der Waals surface area contributed by atoms with Gasteiger partial charge in [-0.3, -0.25) is 14.6 Å². The minimum absolute atomic E-state index is 0.00241. The molecule has 1 aliphatic heterocycles. The Labute approximate surface area is 69.5 Å². The Balaban J connectivity index is 2.41. The second-order valence-electron chi connectivity index (χ2n) is 2.81. The predicted molar refractivity (Wildman–Crippen MR) is 44.2 cm³/mol. The second-order valence-corrected chi connectivity index (χ2v) is 2.81. The van der Waals surface area contributed by atoms with E-state index in [0.717, 1.165) is 5.57 Å². The maximum atomic E-state index is 11.2. The summed E-state index contributed by atoms with van der Waals surface area (Å²) in [5, 5.41) is 0. The number of hydrogen-bond acceptors (Lipinski definition) is 3. The molecule has 0 amide bonds. The molecule has 0 fully saturated rings. The summed E-state index contributed by atoms with van der Waals surface area (Å²) in [6.07, 6.45) is 4.74. The molecule has 0 aromatic heterocycles. The van der Waals surface area contributed by atoms with Crippen LogP contribution in [0.2, 0.25) is 0 Å². The van der Waals surface area contributed by atoms with Gasteiger partial charge in [0.05, 0.1) is 12.8 Å². The third kappa shape index (κ3) is 1.03. The smallest absolute Gasteiger partial charge is 0.200 e. The second kappa shape index (κ2) is 2.52. The largest absolute Gasteiger partial charge is 0.294 e. The highest BCUT2D eigenvalue weighted by Gasteiger charge is 2.20. The van der Waals surface area contributed by atoms with Crippen LogP contribution >= 0.6 is 0 Å². The number of aliphatic imine (C=N–C) groups is 1. The zero-order chi connectivity index (χ0) is 8.55. The molecule has 12 heavy (non-hydrogen) atoms. The van der Waals surface area contributed by atoms with Crippen LogP contribution in [0.3, 0.4) is 0 Å². The minimum Gasteiger partial charge on any atom is -0.294 e. The number of ketones is 2. The fraction of sp³-hybridized carbons (Fsp3) is 0.222. The van der Waals surface area contributed by atoms with E-state index in [1.165, 1.54) is 12.3 Å². The van der Waals surface area contributed by atoms with E-state index in [4.69, 9.17) is 0 Å². The number of carbonyl (C=O) groups excluding carboxylic acids is 2. The maximum absolute atomic E-state index is 11.2. The summed E-state index contributed by atoms with van der Waals surface area (Å²) in [6.45, 7) is 0.533. The Morgan fingerprint density at radius 2 is 2.08 bits per heavy atom. The van der Waals surface area contributed by atoms with Crippen molar-refractivity contribution in [3.63, 3.8) is 0 Å². The van der Waals surface area contributed by atoms with Gasteiger partial charge in [0, 0.05) is 12.0 Å². The third-order valence-electron chi connectivity index (χ3n) is 1.98. The third-order valence-corrected chi connectivity index (χ3v) is 1.98. The number of carbonyl (C=O) groups is 2. The molecule has 0 saturated carbocycles.